The molecular formula is C13H16N2O3S. The molecule has 0 bridgehead atoms. The fourth-order valence-electron chi connectivity index (χ4n) is 1.88. The molecule has 1 amide bonds. The zero-order valence-electron chi connectivity index (χ0n) is 10.5. The van der Waals surface area contributed by atoms with Gasteiger partial charge < -0.3 is 4.90 Å². The van der Waals surface area contributed by atoms with Crippen molar-refractivity contribution in [1.29, 1.82) is 0 Å². The molecule has 102 valence electrons. The Morgan fingerprint density at radius 2 is 1.95 bits per heavy atom. The van der Waals surface area contributed by atoms with Gasteiger partial charge in [0.05, 0.1) is 4.90 Å². The first-order valence-corrected chi connectivity index (χ1v) is 7.53. The van der Waals surface area contributed by atoms with Crippen molar-refractivity contribution in [1.82, 2.24) is 4.90 Å². The molecule has 6 heteroatoms. The number of hydrogen-bond acceptors (Lipinski definition) is 3. The minimum atomic E-state index is -3.72. The molecule has 19 heavy (non-hydrogen) atoms. The van der Waals surface area contributed by atoms with Gasteiger partial charge in [0.2, 0.25) is 10.0 Å². The second-order valence-electron chi connectivity index (χ2n) is 4.55. The summed E-state index contributed by atoms with van der Waals surface area (Å²) in [5, 5.41) is 5.01. The number of nitrogens with zero attached hydrogens (tertiary/aromatic N) is 1. The lowest BCUT2D eigenvalue weighted by molar-refractivity contribution is 0.0762. The van der Waals surface area contributed by atoms with Crippen molar-refractivity contribution in [2.45, 2.75) is 23.8 Å². The Labute approximate surface area is 112 Å². The Kier molecular flexibility index (Phi) is 3.73. The number of rotatable bonds is 5. The fraction of sp³-hybridized carbons (Fsp3) is 0.308. The number of carbonyl (C=O) groups is 1. The Morgan fingerprint density at radius 1 is 1.37 bits per heavy atom. The largest absolute Gasteiger partial charge is 0.332 e. The normalized spacial score (nSPS) is 15.0. The van der Waals surface area contributed by atoms with Gasteiger partial charge in [-0.15, -0.1) is 6.58 Å². The third-order valence-corrected chi connectivity index (χ3v) is 3.93. The van der Waals surface area contributed by atoms with Crippen LogP contribution in [0.25, 0.3) is 0 Å². The molecule has 1 saturated carbocycles. The van der Waals surface area contributed by atoms with Crippen LogP contribution in [0.5, 0.6) is 0 Å². The van der Waals surface area contributed by atoms with E-state index in [4.69, 9.17) is 5.14 Å². The summed E-state index contributed by atoms with van der Waals surface area (Å²) >= 11 is 0. The molecule has 0 spiro atoms. The predicted octanol–water partition coefficient (Wildman–Crippen LogP) is 1.12. The Morgan fingerprint density at radius 3 is 2.37 bits per heavy atom. The summed E-state index contributed by atoms with van der Waals surface area (Å²) < 4.78 is 22.3. The maximum atomic E-state index is 12.3. The molecule has 0 radical (unpaired) electrons. The van der Waals surface area contributed by atoms with Crippen LogP contribution in [0.15, 0.2) is 41.8 Å². The lowest BCUT2D eigenvalue weighted by atomic mass is 10.2. The van der Waals surface area contributed by atoms with Crippen LogP contribution in [-0.4, -0.2) is 31.8 Å². The van der Waals surface area contributed by atoms with Crippen LogP contribution in [0.2, 0.25) is 0 Å². The van der Waals surface area contributed by atoms with E-state index in [-0.39, 0.29) is 16.8 Å². The van der Waals surface area contributed by atoms with E-state index in [1.54, 1.807) is 11.0 Å². The maximum Gasteiger partial charge on any atom is 0.254 e. The van der Waals surface area contributed by atoms with Crippen molar-refractivity contribution in [3.8, 4) is 0 Å². The second-order valence-corrected chi connectivity index (χ2v) is 6.11. The molecule has 0 unspecified atom stereocenters. The average Bonchev–Trinajstić information content (AvgIpc) is 3.18. The summed E-state index contributed by atoms with van der Waals surface area (Å²) in [6, 6.07) is 5.95. The fourth-order valence-corrected chi connectivity index (χ4v) is 2.39. The third kappa shape index (κ3) is 3.21. The van der Waals surface area contributed by atoms with Gasteiger partial charge in [0.15, 0.2) is 0 Å². The van der Waals surface area contributed by atoms with E-state index in [9.17, 15) is 13.2 Å². The number of primary sulfonamides is 1. The molecular weight excluding hydrogens is 264 g/mol. The topological polar surface area (TPSA) is 80.5 Å². The van der Waals surface area contributed by atoms with Crippen LogP contribution in [0, 0.1) is 0 Å². The van der Waals surface area contributed by atoms with Gasteiger partial charge in [0.1, 0.15) is 0 Å². The highest BCUT2D eigenvalue weighted by Crippen LogP contribution is 2.28. The van der Waals surface area contributed by atoms with Gasteiger partial charge in [-0.25, -0.2) is 13.6 Å². The summed E-state index contributed by atoms with van der Waals surface area (Å²) in [5.74, 6) is -0.108. The van der Waals surface area contributed by atoms with Crippen LogP contribution >= 0.6 is 0 Å². The zero-order chi connectivity index (χ0) is 14.0. The minimum absolute atomic E-state index is 0.00532. The molecule has 1 fully saturated rings. The summed E-state index contributed by atoms with van der Waals surface area (Å²) in [4.78, 5) is 14.0. The quantitative estimate of drug-likeness (QED) is 0.821. The van der Waals surface area contributed by atoms with Crippen LogP contribution in [0.1, 0.15) is 23.2 Å². The lowest BCUT2D eigenvalue weighted by Crippen LogP contribution is -2.33. The van der Waals surface area contributed by atoms with Crippen molar-refractivity contribution in [3.05, 3.63) is 42.5 Å². The average molecular weight is 280 g/mol. The van der Waals surface area contributed by atoms with E-state index in [0.29, 0.717) is 12.1 Å². The molecule has 1 aromatic rings. The molecule has 2 rings (SSSR count). The van der Waals surface area contributed by atoms with Crippen LogP contribution in [0.3, 0.4) is 0 Å². The highest BCUT2D eigenvalue weighted by atomic mass is 32.2. The van der Waals surface area contributed by atoms with Gasteiger partial charge in [-0.1, -0.05) is 6.08 Å². The van der Waals surface area contributed by atoms with Crippen molar-refractivity contribution in [2.24, 2.45) is 5.14 Å². The number of hydrogen-bond donors (Lipinski definition) is 1. The summed E-state index contributed by atoms with van der Waals surface area (Å²) in [7, 11) is -3.72. The van der Waals surface area contributed by atoms with E-state index in [2.05, 4.69) is 6.58 Å². The maximum absolute atomic E-state index is 12.3. The minimum Gasteiger partial charge on any atom is -0.332 e. The molecule has 0 atom stereocenters. The van der Waals surface area contributed by atoms with Crippen LogP contribution < -0.4 is 5.14 Å². The SMILES string of the molecule is C=CCN(C(=O)c1ccc(S(N)(=O)=O)cc1)C1CC1. The van der Waals surface area contributed by atoms with E-state index in [1.165, 1.54) is 24.3 Å². The number of amides is 1. The number of carbonyl (C=O) groups excluding carboxylic acids is 1. The molecule has 5 nitrogen and oxygen atoms in total. The third-order valence-electron chi connectivity index (χ3n) is 3.00. The number of sulfonamides is 1. The van der Waals surface area contributed by atoms with Gasteiger partial charge in [0, 0.05) is 18.2 Å². The molecule has 1 aliphatic carbocycles. The summed E-state index contributed by atoms with van der Waals surface area (Å²) in [6.07, 6.45) is 3.71. The first kappa shape index (κ1) is 13.8. The first-order valence-electron chi connectivity index (χ1n) is 5.98. The van der Waals surface area contributed by atoms with Gasteiger partial charge in [-0.2, -0.15) is 0 Å². The smallest absolute Gasteiger partial charge is 0.254 e. The van der Waals surface area contributed by atoms with E-state index in [0.717, 1.165) is 12.8 Å². The Balaban J connectivity index is 2.21. The van der Waals surface area contributed by atoms with E-state index >= 15 is 0 Å². The van der Waals surface area contributed by atoms with Gasteiger partial charge in [-0.05, 0) is 37.1 Å². The van der Waals surface area contributed by atoms with Gasteiger partial charge in [-0.3, -0.25) is 4.79 Å². The van der Waals surface area contributed by atoms with Gasteiger partial charge >= 0.3 is 0 Å². The summed E-state index contributed by atoms with van der Waals surface area (Å²) in [6.45, 7) is 4.14. The van der Waals surface area contributed by atoms with Crippen molar-refractivity contribution in [2.75, 3.05) is 6.54 Å². The highest BCUT2D eigenvalue weighted by Gasteiger charge is 2.32. The first-order chi connectivity index (χ1) is 8.93. The summed E-state index contributed by atoms with van der Waals surface area (Å²) in [5.41, 5.74) is 0.459. The monoisotopic (exact) mass is 280 g/mol. The van der Waals surface area contributed by atoms with Crippen LogP contribution in [0.4, 0.5) is 0 Å². The second kappa shape index (κ2) is 5.14. The number of nitrogens with two attached hydrogens (primary N) is 1. The zero-order valence-corrected chi connectivity index (χ0v) is 11.3. The molecule has 0 aliphatic heterocycles. The van der Waals surface area contributed by atoms with Crippen molar-refractivity contribution in [3.63, 3.8) is 0 Å². The van der Waals surface area contributed by atoms with Crippen LogP contribution in [-0.2, 0) is 10.0 Å². The van der Waals surface area contributed by atoms with E-state index < -0.39 is 10.0 Å². The molecule has 0 heterocycles. The molecule has 0 saturated heterocycles. The molecule has 1 aliphatic rings. The standard InChI is InChI=1S/C13H16N2O3S/c1-2-9-15(11-5-6-11)13(16)10-3-7-12(8-4-10)19(14,17)18/h2-4,7-8,11H,1,5-6,9H2,(H2,14,17,18). The van der Waals surface area contributed by atoms with Gasteiger partial charge in [0.25, 0.3) is 5.91 Å². The molecule has 1 aromatic carbocycles. The van der Waals surface area contributed by atoms with E-state index in [1.807, 2.05) is 0 Å². The molecule has 2 N–H and O–H groups in total. The Bertz CT molecular complexity index is 589. The highest BCUT2D eigenvalue weighted by molar-refractivity contribution is 7.89. The number of benzene rings is 1. The van der Waals surface area contributed by atoms with Crippen molar-refractivity contribution >= 4 is 15.9 Å². The molecule has 0 aromatic heterocycles. The van der Waals surface area contributed by atoms with Crippen molar-refractivity contribution < 1.29 is 13.2 Å². The lowest BCUT2D eigenvalue weighted by Gasteiger charge is -2.20. The Hall–Kier alpha value is -1.66. The predicted molar refractivity (Wildman–Crippen MR) is 72.1 cm³/mol.